The van der Waals surface area contributed by atoms with Gasteiger partial charge in [-0.2, -0.15) is 0 Å². The Kier molecular flexibility index (Phi) is 4.75. The number of carbonyl (C=O) groups is 2. The first kappa shape index (κ1) is 17.3. The number of phenols is 1. The first-order valence-corrected chi connectivity index (χ1v) is 7.84. The predicted octanol–water partition coefficient (Wildman–Crippen LogP) is 3.18. The van der Waals surface area contributed by atoms with Gasteiger partial charge in [0, 0.05) is 11.3 Å². The Morgan fingerprint density at radius 2 is 1.73 bits per heavy atom. The number of ether oxygens (including phenoxy) is 2. The topological polar surface area (TPSA) is 98.8 Å². The van der Waals surface area contributed by atoms with Crippen LogP contribution in [0.5, 0.6) is 11.5 Å². The predicted molar refractivity (Wildman–Crippen MR) is 97.6 cm³/mol. The van der Waals surface area contributed by atoms with Gasteiger partial charge in [-0.05, 0) is 47.2 Å². The zero-order valence-electron chi connectivity index (χ0n) is 14.1. The van der Waals surface area contributed by atoms with Crippen molar-refractivity contribution in [3.63, 3.8) is 0 Å². The molecule has 0 aromatic heterocycles. The van der Waals surface area contributed by atoms with E-state index in [1.165, 1.54) is 18.2 Å². The molecular weight excluding hydrogens is 334 g/mol. The second-order valence-electron chi connectivity index (χ2n) is 5.70. The van der Waals surface area contributed by atoms with Crippen LogP contribution < -0.4 is 10.5 Å². The summed E-state index contributed by atoms with van der Waals surface area (Å²) in [6, 6.07) is 14.7. The highest BCUT2D eigenvalue weighted by atomic mass is 16.5. The van der Waals surface area contributed by atoms with E-state index in [0.717, 1.165) is 16.5 Å². The number of phenolic OH excluding ortho intramolecular Hbond substituents is 1. The molecule has 0 fully saturated rings. The molecule has 0 aliphatic heterocycles. The third-order valence-corrected chi connectivity index (χ3v) is 3.96. The van der Waals surface area contributed by atoms with Crippen molar-refractivity contribution in [3.05, 3.63) is 65.7 Å². The van der Waals surface area contributed by atoms with Crippen LogP contribution in [0.25, 0.3) is 10.8 Å². The fourth-order valence-electron chi connectivity index (χ4n) is 2.54. The van der Waals surface area contributed by atoms with Crippen LogP contribution in [-0.2, 0) is 4.74 Å². The van der Waals surface area contributed by atoms with Gasteiger partial charge in [0.05, 0.1) is 12.7 Å². The van der Waals surface area contributed by atoms with E-state index < -0.39 is 12.6 Å². The van der Waals surface area contributed by atoms with Crippen LogP contribution in [0.4, 0.5) is 5.69 Å². The number of Topliss-reactive ketones (excluding diaryl/α,β-unsaturated/α-hetero) is 1. The first-order chi connectivity index (χ1) is 12.5. The highest BCUT2D eigenvalue weighted by Gasteiger charge is 2.15. The second kappa shape index (κ2) is 7.14. The number of benzene rings is 3. The molecule has 26 heavy (non-hydrogen) atoms. The van der Waals surface area contributed by atoms with Crippen molar-refractivity contribution in [1.29, 1.82) is 0 Å². The molecule has 0 amide bonds. The van der Waals surface area contributed by atoms with Crippen molar-refractivity contribution >= 4 is 28.2 Å². The maximum atomic E-state index is 12.3. The molecular formula is C20H17NO5. The second-order valence-corrected chi connectivity index (χ2v) is 5.70. The van der Waals surface area contributed by atoms with E-state index >= 15 is 0 Å². The fraction of sp³-hybridized carbons (Fsp3) is 0.100. The molecule has 0 atom stereocenters. The third kappa shape index (κ3) is 3.59. The van der Waals surface area contributed by atoms with Gasteiger partial charge in [0.25, 0.3) is 0 Å². The van der Waals surface area contributed by atoms with E-state index in [1.807, 2.05) is 12.1 Å². The van der Waals surface area contributed by atoms with Gasteiger partial charge in [-0.1, -0.05) is 18.2 Å². The van der Waals surface area contributed by atoms with Crippen LogP contribution in [0.2, 0.25) is 0 Å². The van der Waals surface area contributed by atoms with Gasteiger partial charge in [-0.15, -0.1) is 0 Å². The smallest absolute Gasteiger partial charge is 0.340 e. The molecule has 3 N–H and O–H groups in total. The quantitative estimate of drug-likeness (QED) is 0.317. The normalized spacial score (nSPS) is 10.5. The summed E-state index contributed by atoms with van der Waals surface area (Å²) in [7, 11) is 1.59. The molecule has 0 saturated heterocycles. The highest BCUT2D eigenvalue weighted by Crippen LogP contribution is 2.22. The molecule has 6 heteroatoms. The number of rotatable bonds is 5. The summed E-state index contributed by atoms with van der Waals surface area (Å²) in [5.41, 5.74) is 6.30. The van der Waals surface area contributed by atoms with Crippen molar-refractivity contribution in [2.75, 3.05) is 19.5 Å². The zero-order chi connectivity index (χ0) is 18.7. The van der Waals surface area contributed by atoms with Gasteiger partial charge in [0.1, 0.15) is 11.5 Å². The molecule has 0 bridgehead atoms. The lowest BCUT2D eigenvalue weighted by Gasteiger charge is -2.08. The minimum Gasteiger partial charge on any atom is -0.508 e. The number of esters is 1. The van der Waals surface area contributed by atoms with Crippen molar-refractivity contribution in [2.45, 2.75) is 0 Å². The number of aromatic hydroxyl groups is 1. The Morgan fingerprint density at radius 3 is 2.50 bits per heavy atom. The third-order valence-electron chi connectivity index (χ3n) is 3.96. The standard InChI is InChI=1S/C20H17NO5/c1-25-16-6-4-12-8-14(3-2-13(12)9-16)19(23)11-26-20(24)17-10-15(22)5-7-18(17)21/h2-10,22H,11,21H2,1H3. The molecule has 0 aliphatic carbocycles. The molecule has 0 radical (unpaired) electrons. The summed E-state index contributed by atoms with van der Waals surface area (Å²) in [5.74, 6) is -0.483. The van der Waals surface area contributed by atoms with Crippen LogP contribution >= 0.6 is 0 Å². The lowest BCUT2D eigenvalue weighted by molar-refractivity contribution is 0.0475. The van der Waals surface area contributed by atoms with Crippen LogP contribution in [0.1, 0.15) is 20.7 Å². The number of hydrogen-bond donors (Lipinski definition) is 2. The van der Waals surface area contributed by atoms with Crippen molar-refractivity contribution in [2.24, 2.45) is 0 Å². The van der Waals surface area contributed by atoms with Gasteiger partial charge < -0.3 is 20.3 Å². The van der Waals surface area contributed by atoms with Gasteiger partial charge >= 0.3 is 5.97 Å². The molecule has 132 valence electrons. The van der Waals surface area contributed by atoms with E-state index in [2.05, 4.69) is 0 Å². The van der Waals surface area contributed by atoms with Gasteiger partial charge in [-0.3, -0.25) is 4.79 Å². The summed E-state index contributed by atoms with van der Waals surface area (Å²) < 4.78 is 10.2. The van der Waals surface area contributed by atoms with Gasteiger partial charge in [0.15, 0.2) is 12.4 Å². The first-order valence-electron chi connectivity index (χ1n) is 7.84. The minimum atomic E-state index is -0.766. The highest BCUT2D eigenvalue weighted by molar-refractivity contribution is 6.03. The molecule has 6 nitrogen and oxygen atoms in total. The molecule has 0 spiro atoms. The number of ketones is 1. The molecule has 0 aliphatic rings. The lowest BCUT2D eigenvalue weighted by atomic mass is 10.0. The summed E-state index contributed by atoms with van der Waals surface area (Å²) in [5, 5.41) is 11.3. The number of anilines is 1. The van der Waals surface area contributed by atoms with Crippen LogP contribution in [0.15, 0.2) is 54.6 Å². The number of methoxy groups -OCH3 is 1. The van der Waals surface area contributed by atoms with Gasteiger partial charge in [0.2, 0.25) is 0 Å². The van der Waals surface area contributed by atoms with Crippen LogP contribution in [0.3, 0.4) is 0 Å². The van der Waals surface area contributed by atoms with Crippen molar-refractivity contribution < 1.29 is 24.2 Å². The Hall–Kier alpha value is -3.54. The van der Waals surface area contributed by atoms with Gasteiger partial charge in [-0.25, -0.2) is 4.79 Å². The number of nitrogens with two attached hydrogens (primary N) is 1. The minimum absolute atomic E-state index is 0.0170. The summed E-state index contributed by atoms with van der Waals surface area (Å²) in [4.78, 5) is 24.4. The summed E-state index contributed by atoms with van der Waals surface area (Å²) in [6.07, 6.45) is 0. The van der Waals surface area contributed by atoms with Crippen molar-refractivity contribution in [1.82, 2.24) is 0 Å². The number of fused-ring (bicyclic) bond motifs is 1. The Bertz CT molecular complexity index is 997. The number of hydrogen-bond acceptors (Lipinski definition) is 6. The molecule has 3 aromatic rings. The monoisotopic (exact) mass is 351 g/mol. The molecule has 0 heterocycles. The average molecular weight is 351 g/mol. The van der Waals surface area contributed by atoms with Crippen molar-refractivity contribution in [3.8, 4) is 11.5 Å². The Labute approximate surface area is 149 Å². The van der Waals surface area contributed by atoms with E-state index in [-0.39, 0.29) is 22.8 Å². The summed E-state index contributed by atoms with van der Waals surface area (Å²) >= 11 is 0. The molecule has 0 saturated carbocycles. The van der Waals surface area contributed by atoms with Crippen LogP contribution in [-0.4, -0.2) is 30.6 Å². The Balaban J connectivity index is 1.72. The van der Waals surface area contributed by atoms with Crippen LogP contribution in [0, 0.1) is 0 Å². The number of carbonyl (C=O) groups excluding carboxylic acids is 2. The maximum Gasteiger partial charge on any atom is 0.340 e. The molecule has 0 unspecified atom stereocenters. The van der Waals surface area contributed by atoms with E-state index in [0.29, 0.717) is 5.56 Å². The Morgan fingerprint density at radius 1 is 1.00 bits per heavy atom. The maximum absolute atomic E-state index is 12.3. The lowest BCUT2D eigenvalue weighted by Crippen LogP contribution is -2.15. The van der Waals surface area contributed by atoms with E-state index in [1.54, 1.807) is 31.4 Å². The summed E-state index contributed by atoms with van der Waals surface area (Å²) in [6.45, 7) is -0.421. The number of nitrogen functional groups attached to an aromatic ring is 1. The molecule has 3 aromatic carbocycles. The fourth-order valence-corrected chi connectivity index (χ4v) is 2.54. The largest absolute Gasteiger partial charge is 0.508 e. The van der Waals surface area contributed by atoms with E-state index in [4.69, 9.17) is 15.2 Å². The zero-order valence-corrected chi connectivity index (χ0v) is 14.1. The van der Waals surface area contributed by atoms with E-state index in [9.17, 15) is 14.7 Å². The SMILES string of the molecule is COc1ccc2cc(C(=O)COC(=O)c3cc(O)ccc3N)ccc2c1. The average Bonchev–Trinajstić information content (AvgIpc) is 2.66. The molecule has 3 rings (SSSR count).